The molecule has 1 aliphatic rings. The second-order valence-electron chi connectivity index (χ2n) is 6.55. The van der Waals surface area contributed by atoms with Gasteiger partial charge in [0.2, 0.25) is 0 Å². The van der Waals surface area contributed by atoms with Crippen molar-refractivity contribution < 1.29 is 9.84 Å². The number of aliphatic hydroxyl groups is 1. The largest absolute Gasteiger partial charge is 0.491 e. The fraction of sp³-hybridized carbons (Fsp3) is 0.421. The lowest BCUT2D eigenvalue weighted by atomic mass is 10.1. The molecule has 0 amide bonds. The summed E-state index contributed by atoms with van der Waals surface area (Å²) in [6.45, 7) is 6.71. The number of aryl methyl sites for hydroxylation is 2. The number of rotatable bonds is 5. The van der Waals surface area contributed by atoms with E-state index in [9.17, 15) is 5.11 Å². The molecule has 1 fully saturated rings. The van der Waals surface area contributed by atoms with Gasteiger partial charge in [0.25, 0.3) is 0 Å². The summed E-state index contributed by atoms with van der Waals surface area (Å²) in [5, 5.41) is 10.7. The van der Waals surface area contributed by atoms with Crippen molar-refractivity contribution in [3.8, 4) is 5.75 Å². The molecular formula is C19H24N2O2. The highest BCUT2D eigenvalue weighted by Gasteiger charge is 2.37. The first-order valence-electron chi connectivity index (χ1n) is 8.09. The highest BCUT2D eigenvalue weighted by atomic mass is 16.5. The van der Waals surface area contributed by atoms with Gasteiger partial charge >= 0.3 is 0 Å². The Labute approximate surface area is 137 Å². The topological polar surface area (TPSA) is 45.6 Å². The molecule has 1 saturated heterocycles. The summed E-state index contributed by atoms with van der Waals surface area (Å²) in [6, 6.07) is 12.0. The van der Waals surface area contributed by atoms with Gasteiger partial charge in [0.15, 0.2) is 0 Å². The maximum atomic E-state index is 10.7. The van der Waals surface area contributed by atoms with Crippen LogP contribution >= 0.6 is 0 Å². The summed E-state index contributed by atoms with van der Waals surface area (Å²) in [6.07, 6.45) is 2.55. The Kier molecular flexibility index (Phi) is 4.64. The van der Waals surface area contributed by atoms with E-state index in [1.54, 1.807) is 0 Å². The average Bonchev–Trinajstić information content (AvgIpc) is 2.91. The fourth-order valence-corrected chi connectivity index (χ4v) is 2.94. The third kappa shape index (κ3) is 4.09. The summed E-state index contributed by atoms with van der Waals surface area (Å²) in [7, 11) is 0. The Morgan fingerprint density at radius 1 is 1.22 bits per heavy atom. The molecule has 1 aliphatic heterocycles. The first-order valence-corrected chi connectivity index (χ1v) is 8.09. The van der Waals surface area contributed by atoms with E-state index in [0.29, 0.717) is 13.2 Å². The molecule has 0 aliphatic carbocycles. The molecule has 1 unspecified atom stereocenters. The van der Waals surface area contributed by atoms with Crippen LogP contribution in [-0.2, 0) is 6.54 Å². The predicted molar refractivity (Wildman–Crippen MR) is 90.5 cm³/mol. The molecule has 4 nitrogen and oxygen atoms in total. The van der Waals surface area contributed by atoms with E-state index in [4.69, 9.17) is 4.74 Å². The molecule has 1 aromatic carbocycles. The summed E-state index contributed by atoms with van der Waals surface area (Å²) >= 11 is 0. The van der Waals surface area contributed by atoms with Crippen LogP contribution in [0.15, 0.2) is 42.6 Å². The minimum absolute atomic E-state index is 0.327. The zero-order valence-corrected chi connectivity index (χ0v) is 13.8. The Morgan fingerprint density at radius 3 is 2.74 bits per heavy atom. The molecule has 23 heavy (non-hydrogen) atoms. The van der Waals surface area contributed by atoms with E-state index in [-0.39, 0.29) is 0 Å². The molecule has 0 bridgehead atoms. The normalized spacial score (nSPS) is 21.5. The van der Waals surface area contributed by atoms with Gasteiger partial charge < -0.3 is 9.84 Å². The second-order valence-corrected chi connectivity index (χ2v) is 6.55. The van der Waals surface area contributed by atoms with E-state index >= 15 is 0 Å². The van der Waals surface area contributed by atoms with Crippen LogP contribution in [0.4, 0.5) is 0 Å². The van der Waals surface area contributed by atoms with Crippen molar-refractivity contribution in [1.82, 2.24) is 9.88 Å². The van der Waals surface area contributed by atoms with Gasteiger partial charge in [-0.25, -0.2) is 0 Å². The van der Waals surface area contributed by atoms with Crippen LogP contribution in [-0.4, -0.2) is 40.3 Å². The zero-order chi connectivity index (χ0) is 16.3. The number of ether oxygens (including phenoxy) is 1. The lowest BCUT2D eigenvalue weighted by molar-refractivity contribution is 0.00329. The number of likely N-dealkylation sites (tertiary alicyclic amines) is 1. The van der Waals surface area contributed by atoms with Crippen LogP contribution in [0.1, 0.15) is 23.2 Å². The van der Waals surface area contributed by atoms with Crippen molar-refractivity contribution >= 4 is 0 Å². The molecule has 4 heteroatoms. The maximum absolute atomic E-state index is 10.7. The van der Waals surface area contributed by atoms with Crippen LogP contribution in [0.5, 0.6) is 5.75 Å². The molecule has 122 valence electrons. The maximum Gasteiger partial charge on any atom is 0.119 e. The third-order valence-corrected chi connectivity index (χ3v) is 4.43. The van der Waals surface area contributed by atoms with Crippen molar-refractivity contribution in [2.45, 2.75) is 32.4 Å². The Balaban J connectivity index is 1.55. The number of hydrogen-bond acceptors (Lipinski definition) is 4. The molecule has 1 aromatic heterocycles. The average molecular weight is 312 g/mol. The van der Waals surface area contributed by atoms with Gasteiger partial charge in [-0.1, -0.05) is 23.8 Å². The van der Waals surface area contributed by atoms with Crippen molar-refractivity contribution in [2.24, 2.45) is 0 Å². The van der Waals surface area contributed by atoms with Crippen LogP contribution in [0.3, 0.4) is 0 Å². The van der Waals surface area contributed by atoms with Crippen LogP contribution in [0.25, 0.3) is 0 Å². The first-order chi connectivity index (χ1) is 11.0. The van der Waals surface area contributed by atoms with Crippen molar-refractivity contribution in [1.29, 1.82) is 0 Å². The van der Waals surface area contributed by atoms with Crippen LogP contribution in [0, 0.1) is 13.8 Å². The van der Waals surface area contributed by atoms with E-state index in [1.165, 1.54) is 11.1 Å². The molecule has 0 saturated carbocycles. The molecule has 2 heterocycles. The van der Waals surface area contributed by atoms with E-state index in [0.717, 1.165) is 31.0 Å². The molecule has 1 N–H and O–H groups in total. The smallest absolute Gasteiger partial charge is 0.119 e. The Hall–Kier alpha value is -1.91. The third-order valence-electron chi connectivity index (χ3n) is 4.43. The van der Waals surface area contributed by atoms with Gasteiger partial charge in [0, 0.05) is 25.8 Å². The molecular weight excluding hydrogens is 288 g/mol. The molecule has 1 atom stereocenters. The van der Waals surface area contributed by atoms with Crippen molar-refractivity contribution in [3.05, 3.63) is 59.4 Å². The Morgan fingerprint density at radius 2 is 2.00 bits per heavy atom. The summed E-state index contributed by atoms with van der Waals surface area (Å²) in [5.41, 5.74) is 2.69. The molecule has 0 radical (unpaired) electrons. The summed E-state index contributed by atoms with van der Waals surface area (Å²) in [4.78, 5) is 6.68. The van der Waals surface area contributed by atoms with Crippen molar-refractivity contribution in [2.75, 3.05) is 19.7 Å². The van der Waals surface area contributed by atoms with Crippen LogP contribution < -0.4 is 4.74 Å². The van der Waals surface area contributed by atoms with Gasteiger partial charge in [-0.05, 0) is 44.0 Å². The van der Waals surface area contributed by atoms with E-state index < -0.39 is 5.60 Å². The number of nitrogens with zero attached hydrogens (tertiary/aromatic N) is 2. The minimum atomic E-state index is -0.784. The first kappa shape index (κ1) is 16.0. The standard InChI is InChI=1S/C19H24N2O2/c1-15-5-7-17(8-6-15)23-14-19(22)9-11-21(13-19)12-18-16(2)4-3-10-20-18/h3-8,10,22H,9,11-14H2,1-2H3. The van der Waals surface area contributed by atoms with Crippen molar-refractivity contribution in [3.63, 3.8) is 0 Å². The number of benzene rings is 1. The summed E-state index contributed by atoms with van der Waals surface area (Å²) < 4.78 is 5.78. The second kappa shape index (κ2) is 6.69. The number of β-amino-alcohol motifs (C(OH)–C–C–N with tert-alkyl or cyclic N) is 1. The predicted octanol–water partition coefficient (Wildman–Crippen LogP) is 2.71. The minimum Gasteiger partial charge on any atom is -0.491 e. The summed E-state index contributed by atoms with van der Waals surface area (Å²) in [5.74, 6) is 0.808. The highest BCUT2D eigenvalue weighted by molar-refractivity contribution is 5.26. The SMILES string of the molecule is Cc1ccc(OCC2(O)CCN(Cc3ncccc3C)C2)cc1. The van der Waals surface area contributed by atoms with E-state index in [2.05, 4.69) is 22.9 Å². The molecule has 2 aromatic rings. The van der Waals surface area contributed by atoms with Gasteiger partial charge in [-0.15, -0.1) is 0 Å². The van der Waals surface area contributed by atoms with Gasteiger partial charge in [0.1, 0.15) is 18.0 Å². The number of pyridine rings is 1. The molecule has 0 spiro atoms. The van der Waals surface area contributed by atoms with Gasteiger partial charge in [-0.3, -0.25) is 9.88 Å². The van der Waals surface area contributed by atoms with Gasteiger partial charge in [0.05, 0.1) is 5.69 Å². The van der Waals surface area contributed by atoms with Gasteiger partial charge in [-0.2, -0.15) is 0 Å². The fourth-order valence-electron chi connectivity index (χ4n) is 2.94. The lowest BCUT2D eigenvalue weighted by Gasteiger charge is -2.24. The zero-order valence-electron chi connectivity index (χ0n) is 13.8. The quantitative estimate of drug-likeness (QED) is 0.922. The number of hydrogen-bond donors (Lipinski definition) is 1. The lowest BCUT2D eigenvalue weighted by Crippen LogP contribution is -2.39. The number of aromatic nitrogens is 1. The Bertz CT molecular complexity index is 657. The monoisotopic (exact) mass is 312 g/mol. The van der Waals surface area contributed by atoms with E-state index in [1.807, 2.05) is 43.5 Å². The van der Waals surface area contributed by atoms with Crippen LogP contribution in [0.2, 0.25) is 0 Å². The molecule has 3 rings (SSSR count). The highest BCUT2D eigenvalue weighted by Crippen LogP contribution is 2.24.